The van der Waals surface area contributed by atoms with Crippen LogP contribution in [0, 0.1) is 11.3 Å². The first-order valence-corrected chi connectivity index (χ1v) is 9.42. The number of ether oxygens (including phenoxy) is 1. The Hall–Kier alpha value is -3.67. The molecule has 29 heavy (non-hydrogen) atoms. The first-order valence-electron chi connectivity index (χ1n) is 9.42. The number of nitrogens with zero attached hydrogens (tertiary/aromatic N) is 4. The van der Waals surface area contributed by atoms with Gasteiger partial charge >= 0.3 is 6.09 Å². The zero-order valence-corrected chi connectivity index (χ0v) is 16.1. The Labute approximate surface area is 168 Å². The van der Waals surface area contributed by atoms with Crippen molar-refractivity contribution in [1.29, 1.82) is 5.26 Å². The van der Waals surface area contributed by atoms with Crippen molar-refractivity contribution >= 4 is 23.6 Å². The van der Waals surface area contributed by atoms with Crippen LogP contribution in [0.25, 0.3) is 0 Å². The molecule has 2 N–H and O–H groups in total. The second-order valence-corrected chi connectivity index (χ2v) is 6.52. The molecule has 0 saturated carbocycles. The van der Waals surface area contributed by atoms with Crippen LogP contribution in [0.5, 0.6) is 0 Å². The molecule has 9 heteroatoms. The van der Waals surface area contributed by atoms with Crippen LogP contribution < -0.4 is 10.6 Å². The number of amides is 2. The number of hydrogen-bond acceptors (Lipinski definition) is 7. The highest BCUT2D eigenvalue weighted by molar-refractivity contribution is 6.03. The van der Waals surface area contributed by atoms with E-state index in [0.29, 0.717) is 36.9 Å². The maximum Gasteiger partial charge on any atom is 0.409 e. The van der Waals surface area contributed by atoms with Crippen molar-refractivity contribution in [3.8, 4) is 6.07 Å². The average molecular weight is 394 g/mol. The molecular weight excluding hydrogens is 372 g/mol. The lowest BCUT2D eigenvalue weighted by atomic mass is 10.1. The molecule has 1 aliphatic heterocycles. The van der Waals surface area contributed by atoms with Gasteiger partial charge in [0.05, 0.1) is 18.2 Å². The molecule has 0 aliphatic carbocycles. The number of piperidine rings is 1. The average Bonchev–Trinajstić information content (AvgIpc) is 2.75. The van der Waals surface area contributed by atoms with Crippen LogP contribution >= 0.6 is 0 Å². The normalized spacial score (nSPS) is 14.0. The molecule has 0 bridgehead atoms. The monoisotopic (exact) mass is 394 g/mol. The highest BCUT2D eigenvalue weighted by Gasteiger charge is 2.24. The zero-order valence-electron chi connectivity index (χ0n) is 16.1. The predicted octanol–water partition coefficient (Wildman–Crippen LogP) is 2.63. The van der Waals surface area contributed by atoms with Crippen molar-refractivity contribution in [2.75, 3.05) is 30.3 Å². The van der Waals surface area contributed by atoms with Crippen molar-refractivity contribution in [3.63, 3.8) is 0 Å². The third-order valence-corrected chi connectivity index (χ3v) is 4.49. The Morgan fingerprint density at radius 1 is 1.31 bits per heavy atom. The number of carbonyl (C=O) groups is 2. The van der Waals surface area contributed by atoms with E-state index in [9.17, 15) is 9.59 Å². The molecule has 2 aromatic rings. The van der Waals surface area contributed by atoms with Gasteiger partial charge in [-0.05, 0) is 44.0 Å². The van der Waals surface area contributed by atoms with Crippen LogP contribution in [0.4, 0.5) is 16.4 Å². The molecule has 9 nitrogen and oxygen atoms in total. The van der Waals surface area contributed by atoms with Gasteiger partial charge in [0.25, 0.3) is 5.91 Å². The first kappa shape index (κ1) is 20.1. The summed E-state index contributed by atoms with van der Waals surface area (Å²) in [5, 5.41) is 14.9. The number of benzene rings is 1. The Kier molecular flexibility index (Phi) is 6.58. The second-order valence-electron chi connectivity index (χ2n) is 6.52. The van der Waals surface area contributed by atoms with Gasteiger partial charge in [0.1, 0.15) is 5.69 Å². The molecule has 1 aliphatic rings. The molecule has 1 saturated heterocycles. The van der Waals surface area contributed by atoms with Gasteiger partial charge in [0.2, 0.25) is 5.95 Å². The van der Waals surface area contributed by atoms with Gasteiger partial charge in [-0.25, -0.2) is 14.8 Å². The number of likely N-dealkylation sites (tertiary alicyclic amines) is 1. The number of rotatable bonds is 5. The van der Waals surface area contributed by atoms with E-state index in [1.54, 1.807) is 36.1 Å². The van der Waals surface area contributed by atoms with E-state index in [1.807, 2.05) is 6.07 Å². The predicted molar refractivity (Wildman–Crippen MR) is 106 cm³/mol. The van der Waals surface area contributed by atoms with E-state index in [1.165, 1.54) is 12.3 Å². The van der Waals surface area contributed by atoms with E-state index < -0.39 is 0 Å². The fraction of sp³-hybridized carbons (Fsp3) is 0.350. The molecule has 0 atom stereocenters. The highest BCUT2D eigenvalue weighted by atomic mass is 16.6. The minimum absolute atomic E-state index is 0.103. The maximum absolute atomic E-state index is 12.5. The number of hydrogen-bond donors (Lipinski definition) is 2. The molecule has 0 unspecified atom stereocenters. The van der Waals surface area contributed by atoms with Crippen molar-refractivity contribution in [2.45, 2.75) is 25.8 Å². The minimum atomic E-state index is -0.386. The quantitative estimate of drug-likeness (QED) is 0.800. The number of nitrogens with one attached hydrogen (secondary N) is 2. The van der Waals surface area contributed by atoms with Gasteiger partial charge in [-0.1, -0.05) is 6.07 Å². The molecule has 0 radical (unpaired) electrons. The molecular formula is C20H22N6O3. The lowest BCUT2D eigenvalue weighted by Crippen LogP contribution is -2.42. The zero-order chi connectivity index (χ0) is 20.6. The van der Waals surface area contributed by atoms with Gasteiger partial charge in [0.15, 0.2) is 0 Å². The maximum atomic E-state index is 12.5. The summed E-state index contributed by atoms with van der Waals surface area (Å²) in [6.45, 7) is 3.32. The summed E-state index contributed by atoms with van der Waals surface area (Å²) in [5.41, 5.74) is 1.20. The van der Waals surface area contributed by atoms with E-state index >= 15 is 0 Å². The molecule has 1 aromatic heterocycles. The molecule has 150 valence electrons. The second kappa shape index (κ2) is 9.50. The van der Waals surface area contributed by atoms with Gasteiger partial charge < -0.3 is 20.3 Å². The summed E-state index contributed by atoms with van der Waals surface area (Å²) in [5.74, 6) is -0.0271. The van der Waals surface area contributed by atoms with Crippen molar-refractivity contribution in [3.05, 3.63) is 47.8 Å². The SMILES string of the molecule is CCOC(=O)N1CCC(Nc2nccc(C(=O)Nc3cccc(C#N)c3)n2)CC1. The summed E-state index contributed by atoms with van der Waals surface area (Å²) in [6.07, 6.45) is 2.70. The fourth-order valence-corrected chi connectivity index (χ4v) is 3.02. The van der Waals surface area contributed by atoms with Crippen LogP contribution in [0.1, 0.15) is 35.8 Å². The van der Waals surface area contributed by atoms with Crippen molar-refractivity contribution < 1.29 is 14.3 Å². The van der Waals surface area contributed by atoms with E-state index in [2.05, 4.69) is 20.6 Å². The van der Waals surface area contributed by atoms with Crippen molar-refractivity contribution in [1.82, 2.24) is 14.9 Å². The van der Waals surface area contributed by atoms with Gasteiger partial charge in [-0.2, -0.15) is 5.26 Å². The summed E-state index contributed by atoms with van der Waals surface area (Å²) < 4.78 is 5.02. The molecule has 3 rings (SSSR count). The Morgan fingerprint density at radius 3 is 2.83 bits per heavy atom. The molecule has 1 aromatic carbocycles. The summed E-state index contributed by atoms with van der Waals surface area (Å²) in [7, 11) is 0. The Balaban J connectivity index is 1.58. The summed E-state index contributed by atoms with van der Waals surface area (Å²) >= 11 is 0. The minimum Gasteiger partial charge on any atom is -0.450 e. The molecule has 1 fully saturated rings. The van der Waals surface area contributed by atoms with E-state index in [4.69, 9.17) is 10.00 Å². The van der Waals surface area contributed by atoms with Crippen LogP contribution in [-0.4, -0.2) is 52.6 Å². The van der Waals surface area contributed by atoms with Crippen LogP contribution in [0.15, 0.2) is 36.5 Å². The van der Waals surface area contributed by atoms with E-state index in [0.717, 1.165) is 12.8 Å². The van der Waals surface area contributed by atoms with Crippen LogP contribution in [0.2, 0.25) is 0 Å². The van der Waals surface area contributed by atoms with Crippen molar-refractivity contribution in [2.24, 2.45) is 0 Å². The lowest BCUT2D eigenvalue weighted by molar-refractivity contribution is 0.0980. The standard InChI is InChI=1S/C20H22N6O3/c1-2-29-20(28)26-10-7-15(8-11-26)24-19-22-9-6-17(25-19)18(27)23-16-5-3-4-14(12-16)13-21/h3-6,9,12,15H,2,7-8,10-11H2,1H3,(H,23,27)(H,22,24,25). The van der Waals surface area contributed by atoms with Gasteiger partial charge in [-0.3, -0.25) is 4.79 Å². The molecule has 0 spiro atoms. The summed E-state index contributed by atoms with van der Waals surface area (Å²) in [6, 6.07) is 10.3. The van der Waals surface area contributed by atoms with Gasteiger partial charge in [0, 0.05) is 31.0 Å². The molecule has 2 heterocycles. The largest absolute Gasteiger partial charge is 0.450 e. The van der Waals surface area contributed by atoms with Crippen LogP contribution in [0.3, 0.4) is 0 Å². The van der Waals surface area contributed by atoms with Gasteiger partial charge in [-0.15, -0.1) is 0 Å². The number of nitriles is 1. The smallest absolute Gasteiger partial charge is 0.409 e. The number of carbonyl (C=O) groups excluding carboxylic acids is 2. The third kappa shape index (κ3) is 5.42. The Bertz CT molecular complexity index is 918. The van der Waals surface area contributed by atoms with E-state index in [-0.39, 0.29) is 23.7 Å². The number of aromatic nitrogens is 2. The fourth-order valence-electron chi connectivity index (χ4n) is 3.02. The Morgan fingerprint density at radius 2 is 2.10 bits per heavy atom. The lowest BCUT2D eigenvalue weighted by Gasteiger charge is -2.31. The first-order chi connectivity index (χ1) is 14.1. The summed E-state index contributed by atoms with van der Waals surface area (Å²) in [4.78, 5) is 34.4. The molecule has 2 amide bonds. The highest BCUT2D eigenvalue weighted by Crippen LogP contribution is 2.16. The number of anilines is 2. The van der Waals surface area contributed by atoms with Crippen LogP contribution in [-0.2, 0) is 4.74 Å². The topological polar surface area (TPSA) is 120 Å². The third-order valence-electron chi connectivity index (χ3n) is 4.49.